The van der Waals surface area contributed by atoms with Crippen LogP contribution in [0.1, 0.15) is 51.9 Å². The Morgan fingerprint density at radius 2 is 1.69 bits per heavy atom. The van der Waals surface area contributed by atoms with Crippen molar-refractivity contribution in [3.8, 4) is 0 Å². The molecule has 2 fully saturated rings. The molecule has 2 N–H and O–H groups in total. The van der Waals surface area contributed by atoms with E-state index in [9.17, 15) is 0 Å². The third kappa shape index (κ3) is 2.70. The van der Waals surface area contributed by atoms with Crippen LogP contribution in [0, 0.1) is 17.8 Å². The topological polar surface area (TPSA) is 26.0 Å². The average Bonchev–Trinajstić information content (AvgIpc) is 2.89. The highest BCUT2D eigenvalue weighted by atomic mass is 14.7. The second kappa shape index (κ2) is 4.00. The van der Waals surface area contributed by atoms with Crippen LogP contribution < -0.4 is 5.73 Å². The zero-order chi connectivity index (χ0) is 9.26. The van der Waals surface area contributed by atoms with Crippen LogP contribution in [0.25, 0.3) is 0 Å². The molecule has 1 unspecified atom stereocenters. The zero-order valence-electron chi connectivity index (χ0n) is 8.84. The number of nitrogens with two attached hydrogens (primary N) is 1. The summed E-state index contributed by atoms with van der Waals surface area (Å²) in [6.07, 6.45) is 9.86. The average molecular weight is 181 g/mol. The summed E-state index contributed by atoms with van der Waals surface area (Å²) in [6, 6.07) is 0.528. The van der Waals surface area contributed by atoms with E-state index in [1.54, 1.807) is 0 Å². The second-order valence-corrected chi connectivity index (χ2v) is 5.36. The molecule has 0 spiro atoms. The van der Waals surface area contributed by atoms with E-state index in [2.05, 4.69) is 6.92 Å². The number of hydrogen-bond acceptors (Lipinski definition) is 1. The molecule has 1 nitrogen and oxygen atoms in total. The Morgan fingerprint density at radius 3 is 2.23 bits per heavy atom. The first-order chi connectivity index (χ1) is 6.25. The van der Waals surface area contributed by atoms with Gasteiger partial charge in [-0.05, 0) is 37.0 Å². The van der Waals surface area contributed by atoms with E-state index < -0.39 is 0 Å². The first kappa shape index (κ1) is 9.51. The molecule has 2 aliphatic rings. The summed E-state index contributed by atoms with van der Waals surface area (Å²) in [5.74, 6) is 2.83. The lowest BCUT2D eigenvalue weighted by Gasteiger charge is -2.30. The van der Waals surface area contributed by atoms with Crippen molar-refractivity contribution >= 4 is 0 Å². The summed E-state index contributed by atoms with van der Waals surface area (Å²) in [5.41, 5.74) is 6.23. The van der Waals surface area contributed by atoms with E-state index in [4.69, 9.17) is 5.73 Å². The molecule has 0 heterocycles. The minimum atomic E-state index is 0.528. The largest absolute Gasteiger partial charge is 0.327 e. The fourth-order valence-corrected chi connectivity index (χ4v) is 2.64. The normalized spacial score (nSPS) is 37.4. The maximum absolute atomic E-state index is 6.23. The molecule has 2 rings (SSSR count). The number of hydrogen-bond donors (Lipinski definition) is 1. The lowest BCUT2D eigenvalue weighted by Crippen LogP contribution is -2.33. The van der Waals surface area contributed by atoms with Gasteiger partial charge in [-0.1, -0.05) is 32.6 Å². The summed E-state index contributed by atoms with van der Waals surface area (Å²) in [5, 5.41) is 0. The Morgan fingerprint density at radius 1 is 1.08 bits per heavy atom. The van der Waals surface area contributed by atoms with Crippen LogP contribution in [0.2, 0.25) is 0 Å². The van der Waals surface area contributed by atoms with Gasteiger partial charge in [-0.2, -0.15) is 0 Å². The third-order valence-corrected chi connectivity index (χ3v) is 3.97. The van der Waals surface area contributed by atoms with Gasteiger partial charge in [0.2, 0.25) is 0 Å². The van der Waals surface area contributed by atoms with Gasteiger partial charge in [0, 0.05) is 6.04 Å². The predicted octanol–water partition coefficient (Wildman–Crippen LogP) is 2.94. The van der Waals surface area contributed by atoms with Gasteiger partial charge in [0.1, 0.15) is 0 Å². The van der Waals surface area contributed by atoms with Crippen molar-refractivity contribution in [1.82, 2.24) is 0 Å². The van der Waals surface area contributed by atoms with Crippen molar-refractivity contribution < 1.29 is 0 Å². The van der Waals surface area contributed by atoms with Gasteiger partial charge in [0.15, 0.2) is 0 Å². The van der Waals surface area contributed by atoms with E-state index in [0.29, 0.717) is 6.04 Å². The molecule has 0 saturated heterocycles. The van der Waals surface area contributed by atoms with Crippen molar-refractivity contribution in [2.75, 3.05) is 0 Å². The Labute approximate surface area is 82.1 Å². The molecule has 0 radical (unpaired) electrons. The van der Waals surface area contributed by atoms with Crippen molar-refractivity contribution in [3.63, 3.8) is 0 Å². The smallest absolute Gasteiger partial charge is 0.00698 e. The van der Waals surface area contributed by atoms with Crippen molar-refractivity contribution in [3.05, 3.63) is 0 Å². The summed E-state index contributed by atoms with van der Waals surface area (Å²) < 4.78 is 0. The summed E-state index contributed by atoms with van der Waals surface area (Å²) in [7, 11) is 0. The molecule has 0 amide bonds. The highest BCUT2D eigenvalue weighted by Gasteiger charge is 2.29. The first-order valence-electron chi connectivity index (χ1n) is 6.01. The van der Waals surface area contributed by atoms with E-state index in [1.807, 2.05) is 0 Å². The Bertz CT molecular complexity index is 155. The molecular formula is C12H23N. The summed E-state index contributed by atoms with van der Waals surface area (Å²) in [6.45, 7) is 2.38. The quantitative estimate of drug-likeness (QED) is 0.711. The van der Waals surface area contributed by atoms with Crippen LogP contribution in [-0.4, -0.2) is 6.04 Å². The molecule has 0 aromatic carbocycles. The van der Waals surface area contributed by atoms with Gasteiger partial charge >= 0.3 is 0 Å². The first-order valence-corrected chi connectivity index (χ1v) is 6.01. The van der Waals surface area contributed by atoms with E-state index in [-0.39, 0.29) is 0 Å². The molecule has 0 aromatic rings. The minimum Gasteiger partial charge on any atom is -0.327 e. The lowest BCUT2D eigenvalue weighted by molar-refractivity contribution is 0.244. The fraction of sp³-hybridized carbons (Fsp3) is 1.00. The van der Waals surface area contributed by atoms with Crippen molar-refractivity contribution in [2.45, 2.75) is 57.9 Å². The molecule has 0 aliphatic heterocycles. The van der Waals surface area contributed by atoms with E-state index in [0.717, 1.165) is 17.8 Å². The van der Waals surface area contributed by atoms with Gasteiger partial charge in [-0.3, -0.25) is 0 Å². The zero-order valence-corrected chi connectivity index (χ0v) is 8.84. The molecule has 2 saturated carbocycles. The summed E-state index contributed by atoms with van der Waals surface area (Å²) >= 11 is 0. The van der Waals surface area contributed by atoms with Crippen molar-refractivity contribution in [1.29, 1.82) is 0 Å². The highest BCUT2D eigenvalue weighted by Crippen LogP contribution is 2.37. The summed E-state index contributed by atoms with van der Waals surface area (Å²) in [4.78, 5) is 0. The van der Waals surface area contributed by atoms with Gasteiger partial charge in [0.25, 0.3) is 0 Å². The minimum absolute atomic E-state index is 0.528. The molecule has 0 aromatic heterocycles. The number of rotatable bonds is 3. The van der Waals surface area contributed by atoms with Gasteiger partial charge in [-0.15, -0.1) is 0 Å². The van der Waals surface area contributed by atoms with Crippen LogP contribution in [-0.2, 0) is 0 Å². The second-order valence-electron chi connectivity index (χ2n) is 5.36. The monoisotopic (exact) mass is 181 g/mol. The van der Waals surface area contributed by atoms with Crippen LogP contribution in [0.5, 0.6) is 0 Å². The molecule has 0 bridgehead atoms. The molecular weight excluding hydrogens is 158 g/mol. The standard InChI is InChI=1S/C12H23N/c1-9-2-6-11(7-3-9)12(13)8-10-4-5-10/h9-12H,2-8,13H2,1H3. The Balaban J connectivity index is 1.72. The van der Waals surface area contributed by atoms with E-state index in [1.165, 1.54) is 44.9 Å². The molecule has 76 valence electrons. The third-order valence-electron chi connectivity index (χ3n) is 3.97. The van der Waals surface area contributed by atoms with Crippen molar-refractivity contribution in [2.24, 2.45) is 23.5 Å². The maximum atomic E-state index is 6.23. The maximum Gasteiger partial charge on any atom is 0.00698 e. The Kier molecular flexibility index (Phi) is 2.92. The SMILES string of the molecule is CC1CCC(C(N)CC2CC2)CC1. The van der Waals surface area contributed by atoms with Gasteiger partial charge in [0.05, 0.1) is 0 Å². The predicted molar refractivity (Wildman–Crippen MR) is 56.4 cm³/mol. The highest BCUT2D eigenvalue weighted by molar-refractivity contribution is 4.84. The molecule has 13 heavy (non-hydrogen) atoms. The van der Waals surface area contributed by atoms with Gasteiger partial charge < -0.3 is 5.73 Å². The van der Waals surface area contributed by atoms with E-state index >= 15 is 0 Å². The van der Waals surface area contributed by atoms with Crippen LogP contribution in [0.15, 0.2) is 0 Å². The van der Waals surface area contributed by atoms with Gasteiger partial charge in [-0.25, -0.2) is 0 Å². The lowest BCUT2D eigenvalue weighted by atomic mass is 9.78. The fourth-order valence-electron chi connectivity index (χ4n) is 2.64. The van der Waals surface area contributed by atoms with Crippen LogP contribution in [0.3, 0.4) is 0 Å². The Hall–Kier alpha value is -0.0400. The van der Waals surface area contributed by atoms with Crippen LogP contribution >= 0.6 is 0 Å². The molecule has 2 aliphatic carbocycles. The molecule has 1 atom stereocenters. The van der Waals surface area contributed by atoms with Crippen LogP contribution in [0.4, 0.5) is 0 Å². The molecule has 1 heteroatoms.